The molecule has 0 aromatic carbocycles. The van der Waals surface area contributed by atoms with Crippen LogP contribution in [0.2, 0.25) is 6.04 Å². The van der Waals surface area contributed by atoms with E-state index in [0.29, 0.717) is 0 Å². The van der Waals surface area contributed by atoms with Crippen LogP contribution in [0.4, 0.5) is 0 Å². The Hall–Kier alpha value is -0.313. The Labute approximate surface area is 66.0 Å². The van der Waals surface area contributed by atoms with Crippen LogP contribution in [0.3, 0.4) is 0 Å². The summed E-state index contributed by atoms with van der Waals surface area (Å²) >= 11 is 0. The predicted molar refractivity (Wildman–Crippen MR) is 43.9 cm³/mol. The predicted octanol–water partition coefficient (Wildman–Crippen LogP) is -0.0505. The second-order valence-electron chi connectivity index (χ2n) is 2.74. The Bertz CT molecular complexity index is 134. The van der Waals surface area contributed by atoms with E-state index in [-0.39, 0.29) is 0 Å². The summed E-state index contributed by atoms with van der Waals surface area (Å²) in [6, 6.07) is 1.11. The zero-order valence-corrected chi connectivity index (χ0v) is 7.51. The van der Waals surface area contributed by atoms with E-state index in [9.17, 15) is 0 Å². The molecule has 3 radical (unpaired) electrons. The summed E-state index contributed by atoms with van der Waals surface area (Å²) < 4.78 is 2.23. The van der Waals surface area contributed by atoms with Gasteiger partial charge in [0.1, 0.15) is 13.1 Å². The lowest BCUT2D eigenvalue weighted by atomic mass is 10.4. The monoisotopic (exact) mass is 154 g/mol. The summed E-state index contributed by atoms with van der Waals surface area (Å²) in [5.74, 6) is 0. The van der Waals surface area contributed by atoms with Gasteiger partial charge in [0.05, 0.1) is 13.6 Å². The lowest BCUT2D eigenvalue weighted by molar-refractivity contribution is -0.482. The van der Waals surface area contributed by atoms with Crippen molar-refractivity contribution >= 4 is 16.6 Å². The van der Waals surface area contributed by atoms with Gasteiger partial charge in [0, 0.05) is 10.2 Å². The lowest BCUT2D eigenvalue weighted by Crippen LogP contribution is -2.20. The highest BCUT2D eigenvalue weighted by Gasteiger charge is 2.14. The van der Waals surface area contributed by atoms with Crippen molar-refractivity contribution in [1.29, 1.82) is 0 Å². The molecule has 0 spiro atoms. The molecule has 1 aliphatic heterocycles. The number of rotatable bonds is 3. The molecule has 0 saturated heterocycles. The molecule has 0 amide bonds. The van der Waals surface area contributed by atoms with Crippen LogP contribution >= 0.6 is 0 Å². The van der Waals surface area contributed by atoms with Crippen molar-refractivity contribution in [1.82, 2.24) is 4.90 Å². The largest absolute Gasteiger partial charge is 0.267 e. The second-order valence-corrected chi connectivity index (χ2v) is 3.24. The standard InChI is InChI=1S/C7H14N2Si/c1-8-4-5-9(7-8)3-2-6-10/h7H,2-6H2,1H3/q+1. The minimum absolute atomic E-state index is 1.11. The highest BCUT2D eigenvalue weighted by molar-refractivity contribution is 6.08. The van der Waals surface area contributed by atoms with E-state index in [1.54, 1.807) is 0 Å². The van der Waals surface area contributed by atoms with Crippen LogP contribution in [-0.4, -0.2) is 52.7 Å². The quantitative estimate of drug-likeness (QED) is 0.408. The molecular weight excluding hydrogens is 140 g/mol. The molecule has 0 bridgehead atoms. The van der Waals surface area contributed by atoms with Crippen molar-refractivity contribution in [2.24, 2.45) is 0 Å². The number of likely N-dealkylation sites (N-methyl/N-ethyl adjacent to an activating group) is 1. The van der Waals surface area contributed by atoms with Crippen molar-refractivity contribution in [2.45, 2.75) is 12.5 Å². The molecule has 0 saturated carbocycles. The SMILES string of the molecule is C[N+]1=CN(CCC[Si])CC1. The van der Waals surface area contributed by atoms with Gasteiger partial charge >= 0.3 is 0 Å². The van der Waals surface area contributed by atoms with Crippen LogP contribution in [0.1, 0.15) is 6.42 Å². The fourth-order valence-corrected chi connectivity index (χ4v) is 1.29. The smallest absolute Gasteiger partial charge is 0.234 e. The maximum absolute atomic E-state index is 3.46. The highest BCUT2D eigenvalue weighted by Crippen LogP contribution is 1.95. The van der Waals surface area contributed by atoms with Gasteiger partial charge in [-0.3, -0.25) is 9.48 Å². The molecule has 1 rings (SSSR count). The number of hydrogen-bond donors (Lipinski definition) is 0. The Morgan fingerprint density at radius 1 is 1.70 bits per heavy atom. The van der Waals surface area contributed by atoms with Crippen LogP contribution in [-0.2, 0) is 0 Å². The average Bonchev–Trinajstić information content (AvgIpc) is 2.31. The second kappa shape index (κ2) is 3.76. The van der Waals surface area contributed by atoms with E-state index in [4.69, 9.17) is 0 Å². The molecule has 10 heavy (non-hydrogen) atoms. The molecule has 0 N–H and O–H groups in total. The molecule has 1 heterocycles. The summed E-state index contributed by atoms with van der Waals surface area (Å²) in [5, 5.41) is 0. The first-order valence-electron chi connectivity index (χ1n) is 3.77. The molecule has 0 aliphatic carbocycles. The topological polar surface area (TPSA) is 6.25 Å². The Morgan fingerprint density at radius 2 is 2.50 bits per heavy atom. The van der Waals surface area contributed by atoms with Gasteiger partial charge in [-0.2, -0.15) is 0 Å². The first-order chi connectivity index (χ1) is 4.83. The first kappa shape index (κ1) is 7.79. The molecule has 55 valence electrons. The van der Waals surface area contributed by atoms with Crippen LogP contribution in [0, 0.1) is 0 Å². The first-order valence-corrected chi connectivity index (χ1v) is 4.47. The highest BCUT2D eigenvalue weighted by atomic mass is 28.1. The maximum atomic E-state index is 3.46. The number of hydrogen-bond acceptors (Lipinski definition) is 1. The van der Waals surface area contributed by atoms with E-state index >= 15 is 0 Å². The molecule has 0 atom stereocenters. The van der Waals surface area contributed by atoms with Crippen molar-refractivity contribution in [2.75, 3.05) is 26.7 Å². The van der Waals surface area contributed by atoms with Crippen LogP contribution < -0.4 is 0 Å². The Morgan fingerprint density at radius 3 is 3.00 bits per heavy atom. The summed E-state index contributed by atoms with van der Waals surface area (Å²) in [6.45, 7) is 3.57. The summed E-state index contributed by atoms with van der Waals surface area (Å²) in [4.78, 5) is 2.36. The molecule has 0 fully saturated rings. The van der Waals surface area contributed by atoms with Crippen molar-refractivity contribution in [3.05, 3.63) is 0 Å². The van der Waals surface area contributed by atoms with Gasteiger partial charge in [0.2, 0.25) is 6.34 Å². The lowest BCUT2D eigenvalue weighted by Gasteiger charge is -2.03. The maximum Gasteiger partial charge on any atom is 0.234 e. The molecule has 3 heteroatoms. The van der Waals surface area contributed by atoms with Gasteiger partial charge in [-0.05, 0) is 6.42 Å². The van der Waals surface area contributed by atoms with Crippen LogP contribution in [0.15, 0.2) is 0 Å². The summed E-state index contributed by atoms with van der Waals surface area (Å²) in [7, 11) is 5.58. The van der Waals surface area contributed by atoms with Gasteiger partial charge in [-0.25, -0.2) is 0 Å². The van der Waals surface area contributed by atoms with Gasteiger partial charge in [-0.1, -0.05) is 6.04 Å². The molecule has 1 aliphatic rings. The summed E-state index contributed by atoms with van der Waals surface area (Å²) in [6.07, 6.45) is 3.43. The molecule has 0 aromatic heterocycles. The van der Waals surface area contributed by atoms with Gasteiger partial charge < -0.3 is 0 Å². The third-order valence-electron chi connectivity index (χ3n) is 1.72. The zero-order chi connectivity index (χ0) is 7.40. The fraction of sp³-hybridized carbons (Fsp3) is 0.857. The van der Waals surface area contributed by atoms with E-state index in [1.165, 1.54) is 26.1 Å². The van der Waals surface area contributed by atoms with E-state index in [1.807, 2.05) is 0 Å². The van der Waals surface area contributed by atoms with Crippen LogP contribution in [0.25, 0.3) is 0 Å². The van der Waals surface area contributed by atoms with Gasteiger partial charge in [0.15, 0.2) is 0 Å². The normalized spacial score (nSPS) is 17.8. The fourth-order valence-electron chi connectivity index (χ4n) is 1.13. The molecular formula is C7H14N2Si+. The van der Waals surface area contributed by atoms with E-state index in [0.717, 1.165) is 6.04 Å². The Balaban J connectivity index is 2.18. The number of nitrogens with zero attached hydrogens (tertiary/aromatic N) is 2. The van der Waals surface area contributed by atoms with E-state index < -0.39 is 0 Å². The van der Waals surface area contributed by atoms with E-state index in [2.05, 4.69) is 33.1 Å². The Kier molecular flexibility index (Phi) is 2.93. The minimum atomic E-state index is 1.11. The average molecular weight is 154 g/mol. The van der Waals surface area contributed by atoms with Crippen molar-refractivity contribution < 1.29 is 4.58 Å². The molecule has 0 aromatic rings. The minimum Gasteiger partial charge on any atom is -0.267 e. The summed E-state index contributed by atoms with van der Waals surface area (Å²) in [5.41, 5.74) is 0. The molecule has 0 unspecified atom stereocenters. The van der Waals surface area contributed by atoms with Crippen molar-refractivity contribution in [3.8, 4) is 0 Å². The third-order valence-corrected chi connectivity index (χ3v) is 2.08. The zero-order valence-electron chi connectivity index (χ0n) is 6.51. The molecule has 2 nitrogen and oxygen atoms in total. The van der Waals surface area contributed by atoms with Crippen LogP contribution in [0.5, 0.6) is 0 Å². The third kappa shape index (κ3) is 2.14. The van der Waals surface area contributed by atoms with Gasteiger partial charge in [0.25, 0.3) is 0 Å². The van der Waals surface area contributed by atoms with Crippen molar-refractivity contribution in [3.63, 3.8) is 0 Å². The van der Waals surface area contributed by atoms with Gasteiger partial charge in [-0.15, -0.1) is 0 Å².